The van der Waals surface area contributed by atoms with Crippen molar-refractivity contribution in [1.29, 1.82) is 0 Å². The number of nitrogens with zero attached hydrogens (tertiary/aromatic N) is 3. The average molecular weight is 354 g/mol. The molecule has 1 aromatic carbocycles. The van der Waals surface area contributed by atoms with E-state index < -0.39 is 0 Å². The lowest BCUT2D eigenvalue weighted by Gasteiger charge is -2.33. The number of ether oxygens (including phenoxy) is 1. The second kappa shape index (κ2) is 8.33. The first-order chi connectivity index (χ1) is 12.7. The summed E-state index contributed by atoms with van der Waals surface area (Å²) in [6.45, 7) is 3.99. The molecule has 1 aromatic heterocycles. The summed E-state index contributed by atoms with van der Waals surface area (Å²) >= 11 is 0. The minimum atomic E-state index is -0.327. The lowest BCUT2D eigenvalue weighted by atomic mass is 10.2. The fourth-order valence-corrected chi connectivity index (χ4v) is 2.78. The number of carbonyl (C=O) groups is 2. The van der Waals surface area contributed by atoms with Crippen LogP contribution in [-0.2, 0) is 4.74 Å². The number of piperazine rings is 1. The van der Waals surface area contributed by atoms with Gasteiger partial charge >= 0.3 is 6.09 Å². The summed E-state index contributed by atoms with van der Waals surface area (Å²) in [5.41, 5.74) is 2.13. The Morgan fingerprint density at radius 2 is 1.73 bits per heavy atom. The normalized spacial score (nSPS) is 14.0. The maximum absolute atomic E-state index is 12.7. The van der Waals surface area contributed by atoms with E-state index in [0.717, 1.165) is 11.4 Å². The fourth-order valence-electron chi connectivity index (χ4n) is 2.78. The highest BCUT2D eigenvalue weighted by atomic mass is 16.6. The number of aromatic nitrogens is 1. The average Bonchev–Trinajstić information content (AvgIpc) is 2.69. The van der Waals surface area contributed by atoms with E-state index in [1.165, 1.54) is 0 Å². The van der Waals surface area contributed by atoms with Crippen LogP contribution >= 0.6 is 0 Å². The zero-order valence-electron chi connectivity index (χ0n) is 14.7. The molecule has 0 bridgehead atoms. The molecule has 1 aliphatic heterocycles. The van der Waals surface area contributed by atoms with Crippen LogP contribution < -0.4 is 5.32 Å². The van der Waals surface area contributed by atoms with E-state index in [0.29, 0.717) is 38.5 Å². The molecule has 0 spiro atoms. The Bertz CT molecular complexity index is 758. The highest BCUT2D eigenvalue weighted by Gasteiger charge is 2.26. The predicted molar refractivity (Wildman–Crippen MR) is 98.5 cm³/mol. The van der Waals surface area contributed by atoms with Crippen LogP contribution in [0.25, 0.3) is 0 Å². The Balaban J connectivity index is 1.62. The number of nitrogens with one attached hydrogen (secondary N) is 1. The summed E-state index contributed by atoms with van der Waals surface area (Å²) in [7, 11) is 0. The van der Waals surface area contributed by atoms with Crippen LogP contribution in [0.4, 0.5) is 16.2 Å². The summed E-state index contributed by atoms with van der Waals surface area (Å²) in [6, 6.07) is 13.3. The molecule has 2 aromatic rings. The Morgan fingerprint density at radius 1 is 1.04 bits per heavy atom. The van der Waals surface area contributed by atoms with E-state index >= 15 is 0 Å². The molecule has 0 atom stereocenters. The third-order valence-electron chi connectivity index (χ3n) is 4.13. The molecule has 0 aliphatic carbocycles. The van der Waals surface area contributed by atoms with Crippen molar-refractivity contribution in [3.63, 3.8) is 0 Å². The molecule has 1 N–H and O–H groups in total. The molecule has 1 aliphatic rings. The first kappa shape index (κ1) is 17.7. The van der Waals surface area contributed by atoms with E-state index in [-0.39, 0.29) is 12.0 Å². The summed E-state index contributed by atoms with van der Waals surface area (Å²) in [5, 5.41) is 3.26. The lowest BCUT2D eigenvalue weighted by molar-refractivity contribution is 0.0566. The van der Waals surface area contributed by atoms with Crippen molar-refractivity contribution in [2.45, 2.75) is 6.92 Å². The van der Waals surface area contributed by atoms with Crippen LogP contribution in [0.1, 0.15) is 17.4 Å². The van der Waals surface area contributed by atoms with E-state index in [9.17, 15) is 9.59 Å². The lowest BCUT2D eigenvalue weighted by Crippen LogP contribution is -2.50. The van der Waals surface area contributed by atoms with Crippen molar-refractivity contribution >= 4 is 23.4 Å². The van der Waals surface area contributed by atoms with Crippen LogP contribution in [0.15, 0.2) is 48.7 Å². The number of para-hydroxylation sites is 1. The van der Waals surface area contributed by atoms with Gasteiger partial charge in [-0.25, -0.2) is 4.79 Å². The van der Waals surface area contributed by atoms with Gasteiger partial charge in [0, 0.05) is 43.8 Å². The van der Waals surface area contributed by atoms with Gasteiger partial charge in [-0.1, -0.05) is 18.2 Å². The molecule has 7 nitrogen and oxygen atoms in total. The largest absolute Gasteiger partial charge is 0.450 e. The molecule has 0 unspecified atom stereocenters. The second-order valence-corrected chi connectivity index (χ2v) is 5.90. The Kier molecular flexibility index (Phi) is 5.68. The maximum Gasteiger partial charge on any atom is 0.409 e. The van der Waals surface area contributed by atoms with Crippen molar-refractivity contribution in [2.75, 3.05) is 38.1 Å². The quantitative estimate of drug-likeness (QED) is 0.914. The first-order valence-corrected chi connectivity index (χ1v) is 8.66. The van der Waals surface area contributed by atoms with Gasteiger partial charge in [-0.15, -0.1) is 0 Å². The number of hydrogen-bond donors (Lipinski definition) is 1. The van der Waals surface area contributed by atoms with Gasteiger partial charge in [0.05, 0.1) is 6.61 Å². The number of rotatable bonds is 4. The maximum atomic E-state index is 12.7. The molecule has 0 radical (unpaired) electrons. The van der Waals surface area contributed by atoms with Crippen LogP contribution in [0.5, 0.6) is 0 Å². The van der Waals surface area contributed by atoms with Crippen molar-refractivity contribution in [2.24, 2.45) is 0 Å². The number of pyridine rings is 1. The molecule has 1 fully saturated rings. The molecule has 2 amide bonds. The third-order valence-corrected chi connectivity index (χ3v) is 4.13. The van der Waals surface area contributed by atoms with Gasteiger partial charge in [0.2, 0.25) is 0 Å². The molecule has 0 saturated carbocycles. The summed E-state index contributed by atoms with van der Waals surface area (Å²) in [6.07, 6.45) is 1.29. The Morgan fingerprint density at radius 3 is 2.42 bits per heavy atom. The molecule has 26 heavy (non-hydrogen) atoms. The van der Waals surface area contributed by atoms with E-state index in [2.05, 4.69) is 10.3 Å². The van der Waals surface area contributed by atoms with E-state index in [1.807, 2.05) is 36.4 Å². The molecule has 136 valence electrons. The predicted octanol–water partition coefficient (Wildman–Crippen LogP) is 2.74. The van der Waals surface area contributed by atoms with Gasteiger partial charge in [-0.2, -0.15) is 0 Å². The minimum absolute atomic E-state index is 0.134. The summed E-state index contributed by atoms with van der Waals surface area (Å²) < 4.78 is 5.00. The highest BCUT2D eigenvalue weighted by molar-refractivity contribution is 5.93. The van der Waals surface area contributed by atoms with Crippen molar-refractivity contribution in [3.8, 4) is 0 Å². The van der Waals surface area contributed by atoms with E-state index in [4.69, 9.17) is 4.74 Å². The van der Waals surface area contributed by atoms with Gasteiger partial charge in [-0.3, -0.25) is 9.78 Å². The van der Waals surface area contributed by atoms with Crippen LogP contribution in [0.2, 0.25) is 0 Å². The van der Waals surface area contributed by atoms with Gasteiger partial charge in [0.25, 0.3) is 5.91 Å². The molecule has 7 heteroatoms. The van der Waals surface area contributed by atoms with Crippen molar-refractivity contribution < 1.29 is 14.3 Å². The SMILES string of the molecule is CCOC(=O)N1CCN(C(=O)c2cc(Nc3ccccc3)ccn2)CC1. The zero-order valence-corrected chi connectivity index (χ0v) is 14.7. The van der Waals surface area contributed by atoms with Gasteiger partial charge in [0.15, 0.2) is 0 Å². The number of anilines is 2. The minimum Gasteiger partial charge on any atom is -0.450 e. The smallest absolute Gasteiger partial charge is 0.409 e. The topological polar surface area (TPSA) is 74.8 Å². The summed E-state index contributed by atoms with van der Waals surface area (Å²) in [5.74, 6) is -0.134. The number of hydrogen-bond acceptors (Lipinski definition) is 5. The van der Waals surface area contributed by atoms with Gasteiger partial charge < -0.3 is 19.9 Å². The Labute approximate surface area is 152 Å². The van der Waals surface area contributed by atoms with Crippen molar-refractivity contribution in [3.05, 3.63) is 54.4 Å². The second-order valence-electron chi connectivity index (χ2n) is 5.90. The number of amides is 2. The highest BCUT2D eigenvalue weighted by Crippen LogP contribution is 2.17. The number of carbonyl (C=O) groups excluding carboxylic acids is 2. The van der Waals surface area contributed by atoms with Gasteiger partial charge in [-0.05, 0) is 31.2 Å². The molecule has 2 heterocycles. The first-order valence-electron chi connectivity index (χ1n) is 8.66. The standard InChI is InChI=1S/C19H22N4O3/c1-2-26-19(25)23-12-10-22(11-13-23)18(24)17-14-16(8-9-20-17)21-15-6-4-3-5-7-15/h3-9,14H,2,10-13H2,1H3,(H,20,21). The number of benzene rings is 1. The van der Waals surface area contributed by atoms with Crippen LogP contribution in [-0.4, -0.2) is 59.6 Å². The molecule has 3 rings (SSSR count). The molecular weight excluding hydrogens is 332 g/mol. The van der Waals surface area contributed by atoms with Crippen LogP contribution in [0.3, 0.4) is 0 Å². The third kappa shape index (κ3) is 4.30. The monoisotopic (exact) mass is 354 g/mol. The molecular formula is C19H22N4O3. The van der Waals surface area contributed by atoms with Crippen LogP contribution in [0, 0.1) is 0 Å². The van der Waals surface area contributed by atoms with E-state index in [1.54, 1.807) is 29.0 Å². The van der Waals surface area contributed by atoms with Gasteiger partial charge in [0.1, 0.15) is 5.69 Å². The summed E-state index contributed by atoms with van der Waals surface area (Å²) in [4.78, 5) is 32.0. The van der Waals surface area contributed by atoms with Crippen molar-refractivity contribution in [1.82, 2.24) is 14.8 Å². The fraction of sp³-hybridized carbons (Fsp3) is 0.316. The Hall–Kier alpha value is -3.09. The zero-order chi connectivity index (χ0) is 18.4. The molecule has 1 saturated heterocycles.